The average Bonchev–Trinajstić information content (AvgIpc) is 2.38. The third-order valence-electron chi connectivity index (χ3n) is 3.37. The number of halogens is 1. The van der Waals surface area contributed by atoms with Crippen molar-refractivity contribution in [2.75, 3.05) is 6.61 Å². The highest BCUT2D eigenvalue weighted by Crippen LogP contribution is 2.38. The quantitative estimate of drug-likeness (QED) is 0.687. The molecule has 2 rings (SSSR count). The van der Waals surface area contributed by atoms with Crippen LogP contribution in [0, 0.1) is 0 Å². The number of ether oxygens (including phenoxy) is 1. The minimum atomic E-state index is 0.557. The lowest BCUT2D eigenvalue weighted by atomic mass is 9.84. The van der Waals surface area contributed by atoms with Crippen LogP contribution >= 0.6 is 11.6 Å². The van der Waals surface area contributed by atoms with Gasteiger partial charge in [0, 0.05) is 5.02 Å². The van der Waals surface area contributed by atoms with Crippen molar-refractivity contribution >= 4 is 11.6 Å². The second-order valence-corrected chi connectivity index (χ2v) is 5.05. The molecular weight excluding hydrogens is 232 g/mol. The van der Waals surface area contributed by atoms with Crippen LogP contribution in [0.5, 0.6) is 5.75 Å². The van der Waals surface area contributed by atoms with Gasteiger partial charge in [0.2, 0.25) is 0 Å². The maximum atomic E-state index is 6.09. The minimum Gasteiger partial charge on any atom is -0.489 e. The van der Waals surface area contributed by atoms with Crippen LogP contribution in [-0.2, 0) is 0 Å². The highest BCUT2D eigenvalue weighted by Gasteiger charge is 2.19. The Kier molecular flexibility index (Phi) is 4.49. The maximum Gasteiger partial charge on any atom is 0.123 e. The predicted molar refractivity (Wildman–Crippen MR) is 73.0 cm³/mol. The van der Waals surface area contributed by atoms with Gasteiger partial charge in [0.05, 0.1) is 0 Å². The molecule has 0 bridgehead atoms. The SMILES string of the molecule is C=CCOc1ccc(Cl)cc1C1CCCCC1. The fourth-order valence-corrected chi connectivity index (χ4v) is 2.71. The van der Waals surface area contributed by atoms with Crippen molar-refractivity contribution in [2.45, 2.75) is 38.0 Å². The Hall–Kier alpha value is -0.950. The highest BCUT2D eigenvalue weighted by atomic mass is 35.5. The van der Waals surface area contributed by atoms with E-state index in [1.165, 1.54) is 37.7 Å². The van der Waals surface area contributed by atoms with Gasteiger partial charge in [-0.15, -0.1) is 0 Å². The summed E-state index contributed by atoms with van der Waals surface area (Å²) in [7, 11) is 0. The Balaban J connectivity index is 2.21. The fraction of sp³-hybridized carbons (Fsp3) is 0.467. The molecule has 0 N–H and O–H groups in total. The van der Waals surface area contributed by atoms with Crippen LogP contribution in [0.3, 0.4) is 0 Å². The number of hydrogen-bond donors (Lipinski definition) is 0. The monoisotopic (exact) mass is 250 g/mol. The molecular formula is C15H19ClO. The van der Waals surface area contributed by atoms with Gasteiger partial charge in [0.1, 0.15) is 12.4 Å². The molecule has 0 aliphatic heterocycles. The lowest BCUT2D eigenvalue weighted by Crippen LogP contribution is -2.07. The molecule has 0 saturated heterocycles. The first-order valence-corrected chi connectivity index (χ1v) is 6.72. The second kappa shape index (κ2) is 6.11. The van der Waals surface area contributed by atoms with E-state index in [9.17, 15) is 0 Å². The van der Waals surface area contributed by atoms with E-state index < -0.39 is 0 Å². The highest BCUT2D eigenvalue weighted by molar-refractivity contribution is 6.30. The first-order valence-electron chi connectivity index (χ1n) is 6.34. The molecule has 1 fully saturated rings. The van der Waals surface area contributed by atoms with Gasteiger partial charge in [-0.1, -0.05) is 43.5 Å². The van der Waals surface area contributed by atoms with Gasteiger partial charge in [-0.25, -0.2) is 0 Å². The fourth-order valence-electron chi connectivity index (χ4n) is 2.53. The van der Waals surface area contributed by atoms with Crippen molar-refractivity contribution in [2.24, 2.45) is 0 Å². The molecule has 1 nitrogen and oxygen atoms in total. The smallest absolute Gasteiger partial charge is 0.123 e. The van der Waals surface area contributed by atoms with Crippen LogP contribution in [-0.4, -0.2) is 6.61 Å². The summed E-state index contributed by atoms with van der Waals surface area (Å²) >= 11 is 6.09. The molecule has 0 heterocycles. The summed E-state index contributed by atoms with van der Waals surface area (Å²) in [6.45, 7) is 4.24. The van der Waals surface area contributed by atoms with Crippen LogP contribution < -0.4 is 4.74 Å². The zero-order valence-corrected chi connectivity index (χ0v) is 10.9. The zero-order valence-electron chi connectivity index (χ0n) is 10.1. The summed E-state index contributed by atoms with van der Waals surface area (Å²) < 4.78 is 5.72. The third-order valence-corrected chi connectivity index (χ3v) is 3.61. The third kappa shape index (κ3) is 3.26. The van der Waals surface area contributed by atoms with Crippen LogP contribution in [0.15, 0.2) is 30.9 Å². The Morgan fingerprint density at radius 2 is 2.06 bits per heavy atom. The summed E-state index contributed by atoms with van der Waals surface area (Å²) in [6.07, 6.45) is 8.28. The molecule has 1 aromatic rings. The summed E-state index contributed by atoms with van der Waals surface area (Å²) in [6, 6.07) is 5.94. The minimum absolute atomic E-state index is 0.557. The molecule has 92 valence electrons. The van der Waals surface area contributed by atoms with Gasteiger partial charge in [0.25, 0.3) is 0 Å². The van der Waals surface area contributed by atoms with E-state index in [0.717, 1.165) is 10.8 Å². The van der Waals surface area contributed by atoms with Gasteiger partial charge in [-0.2, -0.15) is 0 Å². The molecule has 0 unspecified atom stereocenters. The molecule has 1 aliphatic rings. The summed E-state index contributed by atoms with van der Waals surface area (Å²) in [5, 5.41) is 0.802. The Morgan fingerprint density at radius 3 is 2.76 bits per heavy atom. The molecule has 1 aromatic carbocycles. The topological polar surface area (TPSA) is 9.23 Å². The van der Waals surface area contributed by atoms with E-state index in [1.54, 1.807) is 6.08 Å². The maximum absolute atomic E-state index is 6.09. The molecule has 0 spiro atoms. The molecule has 1 saturated carbocycles. The molecule has 0 radical (unpaired) electrons. The Bertz CT molecular complexity index is 381. The standard InChI is InChI=1S/C15H19ClO/c1-2-10-17-15-9-8-13(16)11-14(15)12-6-4-3-5-7-12/h2,8-9,11-12H,1,3-7,10H2. The van der Waals surface area contributed by atoms with E-state index in [2.05, 4.69) is 12.6 Å². The molecule has 0 atom stereocenters. The number of hydrogen-bond acceptors (Lipinski definition) is 1. The first kappa shape index (κ1) is 12.5. The molecule has 0 amide bonds. The summed E-state index contributed by atoms with van der Waals surface area (Å²) in [5.74, 6) is 1.59. The number of rotatable bonds is 4. The van der Waals surface area contributed by atoms with E-state index >= 15 is 0 Å². The van der Waals surface area contributed by atoms with Crippen molar-refractivity contribution in [1.82, 2.24) is 0 Å². The van der Waals surface area contributed by atoms with E-state index in [-0.39, 0.29) is 0 Å². The molecule has 0 aromatic heterocycles. The van der Waals surface area contributed by atoms with Crippen molar-refractivity contribution < 1.29 is 4.74 Å². The normalized spacial score (nSPS) is 16.8. The van der Waals surface area contributed by atoms with Crippen molar-refractivity contribution in [1.29, 1.82) is 0 Å². The first-order chi connectivity index (χ1) is 8.31. The van der Waals surface area contributed by atoms with Crippen molar-refractivity contribution in [3.05, 3.63) is 41.4 Å². The lowest BCUT2D eigenvalue weighted by molar-refractivity contribution is 0.348. The number of benzene rings is 1. The Morgan fingerprint density at radius 1 is 1.29 bits per heavy atom. The van der Waals surface area contributed by atoms with Gasteiger partial charge in [-0.3, -0.25) is 0 Å². The van der Waals surface area contributed by atoms with E-state index in [1.807, 2.05) is 12.1 Å². The molecule has 1 aliphatic carbocycles. The molecule has 2 heteroatoms. The van der Waals surface area contributed by atoms with Crippen LogP contribution in [0.4, 0.5) is 0 Å². The predicted octanol–water partition coefficient (Wildman–Crippen LogP) is 4.95. The largest absolute Gasteiger partial charge is 0.489 e. The van der Waals surface area contributed by atoms with Crippen molar-refractivity contribution in [3.63, 3.8) is 0 Å². The van der Waals surface area contributed by atoms with Crippen molar-refractivity contribution in [3.8, 4) is 5.75 Å². The van der Waals surface area contributed by atoms with Crippen LogP contribution in [0.2, 0.25) is 5.02 Å². The summed E-state index contributed by atoms with van der Waals surface area (Å²) in [5.41, 5.74) is 1.28. The van der Waals surface area contributed by atoms with Crippen LogP contribution in [0.1, 0.15) is 43.6 Å². The van der Waals surface area contributed by atoms with Gasteiger partial charge < -0.3 is 4.74 Å². The lowest BCUT2D eigenvalue weighted by Gasteiger charge is -2.24. The Labute approximate surface area is 108 Å². The van der Waals surface area contributed by atoms with Crippen LogP contribution in [0.25, 0.3) is 0 Å². The van der Waals surface area contributed by atoms with Gasteiger partial charge in [0.15, 0.2) is 0 Å². The zero-order chi connectivity index (χ0) is 12.1. The summed E-state index contributed by atoms with van der Waals surface area (Å²) in [4.78, 5) is 0. The van der Waals surface area contributed by atoms with Gasteiger partial charge in [-0.05, 0) is 42.5 Å². The molecule has 17 heavy (non-hydrogen) atoms. The second-order valence-electron chi connectivity index (χ2n) is 4.62. The van der Waals surface area contributed by atoms with E-state index in [0.29, 0.717) is 12.5 Å². The van der Waals surface area contributed by atoms with Gasteiger partial charge >= 0.3 is 0 Å². The average molecular weight is 251 g/mol. The van der Waals surface area contributed by atoms with E-state index in [4.69, 9.17) is 16.3 Å².